The minimum absolute atomic E-state index is 0.0380. The molecule has 0 saturated heterocycles. The lowest BCUT2D eigenvalue weighted by molar-refractivity contribution is -0.124. The molecule has 96 valence electrons. The number of rotatable bonds is 11. The Hall–Kier alpha value is -0.370. The molecule has 0 spiro atoms. The first-order valence-electron chi connectivity index (χ1n) is 6.89. The van der Waals surface area contributed by atoms with Crippen LogP contribution in [0.25, 0.3) is 0 Å². The largest absolute Gasteiger partial charge is 0.396 e. The van der Waals surface area contributed by atoms with Crippen molar-refractivity contribution in [2.45, 2.75) is 71.6 Å². The van der Waals surface area contributed by atoms with Gasteiger partial charge in [-0.05, 0) is 12.8 Å². The van der Waals surface area contributed by atoms with E-state index in [-0.39, 0.29) is 18.3 Å². The van der Waals surface area contributed by atoms with Crippen LogP contribution in [0, 0.1) is 5.92 Å². The molecular weight excluding hydrogens is 200 g/mol. The smallest absolute Gasteiger partial charge is 0.138 e. The van der Waals surface area contributed by atoms with Gasteiger partial charge in [-0.3, -0.25) is 4.79 Å². The van der Waals surface area contributed by atoms with Crippen LogP contribution in [-0.2, 0) is 4.79 Å². The maximum absolute atomic E-state index is 11.8. The third-order valence-electron chi connectivity index (χ3n) is 3.11. The standard InChI is InChI=1S/C14H28O2/c1-3-5-7-9-11-14(16)13(12-15)10-8-6-4-2/h13,15H,3-12H2,1-2H3. The number of unbranched alkanes of at least 4 members (excludes halogenated alkanes) is 5. The van der Waals surface area contributed by atoms with Gasteiger partial charge in [0.2, 0.25) is 0 Å². The Kier molecular flexibility index (Phi) is 10.9. The molecule has 0 bridgehead atoms. The van der Waals surface area contributed by atoms with Crippen LogP contribution in [0.1, 0.15) is 71.6 Å². The van der Waals surface area contributed by atoms with Gasteiger partial charge in [0, 0.05) is 12.3 Å². The van der Waals surface area contributed by atoms with Crippen LogP contribution in [0.5, 0.6) is 0 Å². The molecule has 0 aromatic carbocycles. The van der Waals surface area contributed by atoms with Crippen LogP contribution in [0.15, 0.2) is 0 Å². The number of aliphatic hydroxyl groups is 1. The van der Waals surface area contributed by atoms with Crippen molar-refractivity contribution in [3.05, 3.63) is 0 Å². The minimum atomic E-state index is -0.0897. The lowest BCUT2D eigenvalue weighted by atomic mass is 9.94. The molecule has 2 heteroatoms. The fraction of sp³-hybridized carbons (Fsp3) is 0.929. The van der Waals surface area contributed by atoms with E-state index in [1.807, 2.05) is 0 Å². The molecule has 0 amide bonds. The lowest BCUT2D eigenvalue weighted by Crippen LogP contribution is -2.18. The normalized spacial score (nSPS) is 12.7. The van der Waals surface area contributed by atoms with Crippen LogP contribution in [0.3, 0.4) is 0 Å². The SMILES string of the molecule is CCCCCCC(=O)C(CO)CCCCC. The van der Waals surface area contributed by atoms with Gasteiger partial charge in [-0.1, -0.05) is 52.4 Å². The molecule has 0 aliphatic rings. The molecule has 0 radical (unpaired) electrons. The fourth-order valence-electron chi connectivity index (χ4n) is 1.92. The first-order valence-corrected chi connectivity index (χ1v) is 6.89. The predicted octanol–water partition coefficient (Wildman–Crippen LogP) is 3.71. The van der Waals surface area contributed by atoms with E-state index in [1.54, 1.807) is 0 Å². The summed E-state index contributed by atoms with van der Waals surface area (Å²) in [6, 6.07) is 0. The first kappa shape index (κ1) is 15.6. The summed E-state index contributed by atoms with van der Waals surface area (Å²) in [6.07, 6.45) is 9.51. The van der Waals surface area contributed by atoms with Crippen molar-refractivity contribution in [3.8, 4) is 0 Å². The summed E-state index contributed by atoms with van der Waals surface area (Å²) in [5, 5.41) is 9.18. The highest BCUT2D eigenvalue weighted by Crippen LogP contribution is 2.14. The van der Waals surface area contributed by atoms with E-state index in [9.17, 15) is 9.90 Å². The second kappa shape index (κ2) is 11.1. The summed E-state index contributed by atoms with van der Waals surface area (Å²) >= 11 is 0. The molecule has 16 heavy (non-hydrogen) atoms. The maximum atomic E-state index is 11.8. The topological polar surface area (TPSA) is 37.3 Å². The zero-order chi connectivity index (χ0) is 12.2. The quantitative estimate of drug-likeness (QED) is 0.547. The molecule has 0 aliphatic carbocycles. The molecule has 0 aromatic rings. The molecule has 2 nitrogen and oxygen atoms in total. The van der Waals surface area contributed by atoms with E-state index >= 15 is 0 Å². The van der Waals surface area contributed by atoms with E-state index in [2.05, 4.69) is 13.8 Å². The molecule has 0 fully saturated rings. The van der Waals surface area contributed by atoms with Crippen molar-refractivity contribution < 1.29 is 9.90 Å². The Morgan fingerprint density at radius 1 is 1.00 bits per heavy atom. The average Bonchev–Trinajstić information content (AvgIpc) is 2.30. The van der Waals surface area contributed by atoms with Crippen LogP contribution in [-0.4, -0.2) is 17.5 Å². The molecule has 0 heterocycles. The molecule has 0 aliphatic heterocycles. The summed E-state index contributed by atoms with van der Waals surface area (Å²) < 4.78 is 0. The van der Waals surface area contributed by atoms with E-state index in [0.717, 1.165) is 25.7 Å². The van der Waals surface area contributed by atoms with Crippen LogP contribution in [0.2, 0.25) is 0 Å². The Labute approximate surface area is 100 Å². The van der Waals surface area contributed by atoms with Gasteiger partial charge in [-0.15, -0.1) is 0 Å². The number of hydrogen-bond acceptors (Lipinski definition) is 2. The minimum Gasteiger partial charge on any atom is -0.396 e. The molecular formula is C14H28O2. The van der Waals surface area contributed by atoms with Crippen LogP contribution >= 0.6 is 0 Å². The van der Waals surface area contributed by atoms with Crippen molar-refractivity contribution in [2.75, 3.05) is 6.61 Å². The highest BCUT2D eigenvalue weighted by Gasteiger charge is 2.15. The molecule has 1 N–H and O–H groups in total. The zero-order valence-electron chi connectivity index (χ0n) is 11.0. The molecule has 1 unspecified atom stereocenters. The summed E-state index contributed by atoms with van der Waals surface area (Å²) in [4.78, 5) is 11.8. The van der Waals surface area contributed by atoms with Crippen molar-refractivity contribution in [2.24, 2.45) is 5.92 Å². The van der Waals surface area contributed by atoms with E-state index < -0.39 is 0 Å². The average molecular weight is 228 g/mol. The lowest BCUT2D eigenvalue weighted by Gasteiger charge is -2.12. The van der Waals surface area contributed by atoms with Gasteiger partial charge in [0.05, 0.1) is 6.61 Å². The Morgan fingerprint density at radius 2 is 1.62 bits per heavy atom. The van der Waals surface area contributed by atoms with Gasteiger partial charge in [0.25, 0.3) is 0 Å². The second-order valence-corrected chi connectivity index (χ2v) is 4.65. The number of hydrogen-bond donors (Lipinski definition) is 1. The first-order chi connectivity index (χ1) is 7.76. The molecule has 0 rings (SSSR count). The Balaban J connectivity index is 3.65. The zero-order valence-corrected chi connectivity index (χ0v) is 11.0. The monoisotopic (exact) mass is 228 g/mol. The number of Topliss-reactive ketones (excluding diaryl/α,β-unsaturated/α-hetero) is 1. The summed E-state index contributed by atoms with van der Waals surface area (Å²) in [6.45, 7) is 4.36. The van der Waals surface area contributed by atoms with Gasteiger partial charge in [-0.25, -0.2) is 0 Å². The summed E-state index contributed by atoms with van der Waals surface area (Å²) in [7, 11) is 0. The second-order valence-electron chi connectivity index (χ2n) is 4.65. The van der Waals surface area contributed by atoms with E-state index in [0.29, 0.717) is 6.42 Å². The molecule has 1 atom stereocenters. The number of carbonyl (C=O) groups excluding carboxylic acids is 1. The third kappa shape index (κ3) is 7.86. The number of carbonyl (C=O) groups is 1. The fourth-order valence-corrected chi connectivity index (χ4v) is 1.92. The van der Waals surface area contributed by atoms with Crippen molar-refractivity contribution in [1.82, 2.24) is 0 Å². The summed E-state index contributed by atoms with van der Waals surface area (Å²) in [5.41, 5.74) is 0. The highest BCUT2D eigenvalue weighted by molar-refractivity contribution is 5.81. The van der Waals surface area contributed by atoms with Crippen molar-refractivity contribution >= 4 is 5.78 Å². The van der Waals surface area contributed by atoms with Gasteiger partial charge in [-0.2, -0.15) is 0 Å². The van der Waals surface area contributed by atoms with Crippen LogP contribution in [0.4, 0.5) is 0 Å². The highest BCUT2D eigenvalue weighted by atomic mass is 16.3. The maximum Gasteiger partial charge on any atom is 0.138 e. The van der Waals surface area contributed by atoms with E-state index in [1.165, 1.54) is 25.7 Å². The van der Waals surface area contributed by atoms with Crippen molar-refractivity contribution in [1.29, 1.82) is 0 Å². The third-order valence-corrected chi connectivity index (χ3v) is 3.11. The van der Waals surface area contributed by atoms with Gasteiger partial charge >= 0.3 is 0 Å². The summed E-state index contributed by atoms with van der Waals surface area (Å²) in [5.74, 6) is 0.183. The number of ketones is 1. The van der Waals surface area contributed by atoms with E-state index in [4.69, 9.17) is 0 Å². The number of aliphatic hydroxyl groups excluding tert-OH is 1. The Morgan fingerprint density at radius 3 is 2.19 bits per heavy atom. The van der Waals surface area contributed by atoms with Gasteiger partial charge in [0.1, 0.15) is 5.78 Å². The van der Waals surface area contributed by atoms with Gasteiger partial charge < -0.3 is 5.11 Å². The van der Waals surface area contributed by atoms with Crippen LogP contribution < -0.4 is 0 Å². The Bertz CT molecular complexity index is 166. The molecule has 0 aromatic heterocycles. The van der Waals surface area contributed by atoms with Crippen molar-refractivity contribution in [3.63, 3.8) is 0 Å². The molecule has 0 saturated carbocycles. The predicted molar refractivity (Wildman–Crippen MR) is 68.5 cm³/mol. The van der Waals surface area contributed by atoms with Gasteiger partial charge in [0.15, 0.2) is 0 Å².